The highest BCUT2D eigenvalue weighted by Crippen LogP contribution is 2.19. The number of aliphatic hydroxyl groups excluding tert-OH is 1. The molecule has 1 fully saturated rings. The molecule has 2 N–H and O–H groups in total. The van der Waals surface area contributed by atoms with Crippen molar-refractivity contribution in [1.82, 2.24) is 20.1 Å². The van der Waals surface area contributed by atoms with Crippen molar-refractivity contribution in [1.29, 1.82) is 0 Å². The molecular weight excluding hydrogens is 342 g/mol. The molecule has 1 aliphatic heterocycles. The van der Waals surface area contributed by atoms with Gasteiger partial charge in [-0.25, -0.2) is 4.98 Å². The van der Waals surface area contributed by atoms with Crippen LogP contribution in [-0.4, -0.2) is 51.0 Å². The molecule has 7 nitrogen and oxygen atoms in total. The summed E-state index contributed by atoms with van der Waals surface area (Å²) in [5.74, 6) is 0.866. The van der Waals surface area contributed by atoms with Crippen LogP contribution in [0, 0.1) is 13.8 Å². The fourth-order valence-corrected chi connectivity index (χ4v) is 3.60. The summed E-state index contributed by atoms with van der Waals surface area (Å²) in [6, 6.07) is 6.03. The molecule has 27 heavy (non-hydrogen) atoms. The Bertz CT molecular complexity index is 771. The minimum Gasteiger partial charge on any atom is -0.391 e. The Morgan fingerprint density at radius 3 is 2.78 bits per heavy atom. The number of β-amino-alcohol motifs (C(OH)–C–C–N with tert-alkyl or cyclic N) is 1. The average molecular weight is 371 g/mol. The molecule has 2 aromatic rings. The Kier molecular flexibility index (Phi) is 6.11. The van der Waals surface area contributed by atoms with Crippen molar-refractivity contribution in [3.05, 3.63) is 41.3 Å². The Labute approximate surface area is 160 Å². The Morgan fingerprint density at radius 1 is 1.33 bits per heavy atom. The van der Waals surface area contributed by atoms with Gasteiger partial charge >= 0.3 is 0 Å². The van der Waals surface area contributed by atoms with Crippen LogP contribution < -0.4 is 10.2 Å². The van der Waals surface area contributed by atoms with Gasteiger partial charge in [-0.15, -0.1) is 0 Å². The van der Waals surface area contributed by atoms with E-state index in [1.54, 1.807) is 0 Å². The van der Waals surface area contributed by atoms with Gasteiger partial charge in [0.05, 0.1) is 18.3 Å². The number of aliphatic hydroxyl groups is 1. The number of piperidine rings is 1. The molecule has 0 spiro atoms. The molecule has 3 heterocycles. The second kappa shape index (κ2) is 8.52. The summed E-state index contributed by atoms with van der Waals surface area (Å²) in [6.07, 6.45) is 3.32. The number of carbonyl (C=O) groups excluding carboxylic acids is 1. The molecule has 0 aliphatic carbocycles. The SMILES string of the molecule is CCCC(=O)N[C@H]1C[C@@H](O)CN(c2ccc(Cn3nc(C)cc3C)cn2)C1. The van der Waals surface area contributed by atoms with Crippen LogP contribution in [-0.2, 0) is 11.3 Å². The molecule has 1 saturated heterocycles. The largest absolute Gasteiger partial charge is 0.391 e. The highest BCUT2D eigenvalue weighted by atomic mass is 16.3. The smallest absolute Gasteiger partial charge is 0.220 e. The number of hydrogen-bond acceptors (Lipinski definition) is 5. The molecule has 0 unspecified atom stereocenters. The maximum atomic E-state index is 11.9. The van der Waals surface area contributed by atoms with Crippen molar-refractivity contribution < 1.29 is 9.90 Å². The highest BCUT2D eigenvalue weighted by Gasteiger charge is 2.27. The number of carbonyl (C=O) groups is 1. The second-order valence-corrected chi connectivity index (χ2v) is 7.42. The predicted molar refractivity (Wildman–Crippen MR) is 105 cm³/mol. The van der Waals surface area contributed by atoms with Gasteiger partial charge in [0.2, 0.25) is 5.91 Å². The van der Waals surface area contributed by atoms with Gasteiger partial charge in [0.25, 0.3) is 0 Å². The van der Waals surface area contributed by atoms with Crippen molar-refractivity contribution in [3.8, 4) is 0 Å². The standard InChI is InChI=1S/C20H29N5O2/c1-4-5-20(27)22-17-9-18(26)13-24(12-17)19-7-6-16(10-21-19)11-25-15(3)8-14(2)23-25/h6-8,10,17-18,26H,4-5,9,11-13H2,1-3H3,(H,22,27)/t17-,18+/m0/s1. The number of nitrogens with one attached hydrogen (secondary N) is 1. The van der Waals surface area contributed by atoms with Gasteiger partial charge in [0, 0.05) is 37.4 Å². The van der Waals surface area contributed by atoms with E-state index < -0.39 is 6.10 Å². The Hall–Kier alpha value is -2.41. The summed E-state index contributed by atoms with van der Waals surface area (Å²) in [6.45, 7) is 7.90. The van der Waals surface area contributed by atoms with Crippen LogP contribution in [0.2, 0.25) is 0 Å². The molecular formula is C20H29N5O2. The fraction of sp³-hybridized carbons (Fsp3) is 0.550. The molecule has 2 aromatic heterocycles. The van der Waals surface area contributed by atoms with Gasteiger partial charge in [-0.05, 0) is 44.4 Å². The molecule has 0 radical (unpaired) electrons. The van der Waals surface area contributed by atoms with E-state index in [0.29, 0.717) is 32.5 Å². The van der Waals surface area contributed by atoms with E-state index in [0.717, 1.165) is 29.2 Å². The molecule has 146 valence electrons. The van der Waals surface area contributed by atoms with E-state index in [2.05, 4.69) is 21.5 Å². The van der Waals surface area contributed by atoms with Crippen molar-refractivity contribution in [2.45, 2.75) is 58.7 Å². The van der Waals surface area contributed by atoms with Gasteiger partial charge in [0.15, 0.2) is 0 Å². The molecule has 3 rings (SSSR count). The molecule has 0 aromatic carbocycles. The zero-order chi connectivity index (χ0) is 19.4. The van der Waals surface area contributed by atoms with Gasteiger partial charge in [-0.2, -0.15) is 5.10 Å². The summed E-state index contributed by atoms with van der Waals surface area (Å²) < 4.78 is 1.97. The number of aromatic nitrogens is 3. The molecule has 7 heteroatoms. The molecule has 2 atom stereocenters. The van der Waals surface area contributed by atoms with Crippen LogP contribution in [0.4, 0.5) is 5.82 Å². The lowest BCUT2D eigenvalue weighted by molar-refractivity contribution is -0.122. The lowest BCUT2D eigenvalue weighted by Gasteiger charge is -2.36. The summed E-state index contributed by atoms with van der Waals surface area (Å²) >= 11 is 0. The van der Waals surface area contributed by atoms with Crippen LogP contribution in [0.1, 0.15) is 43.1 Å². The predicted octanol–water partition coefficient (Wildman–Crippen LogP) is 1.80. The van der Waals surface area contributed by atoms with Crippen LogP contribution in [0.3, 0.4) is 0 Å². The number of anilines is 1. The van der Waals surface area contributed by atoms with E-state index >= 15 is 0 Å². The van der Waals surface area contributed by atoms with E-state index in [9.17, 15) is 9.90 Å². The first-order valence-corrected chi connectivity index (χ1v) is 9.63. The highest BCUT2D eigenvalue weighted by molar-refractivity contribution is 5.76. The zero-order valence-corrected chi connectivity index (χ0v) is 16.4. The van der Waals surface area contributed by atoms with E-state index in [1.807, 2.05) is 48.7 Å². The lowest BCUT2D eigenvalue weighted by Crippen LogP contribution is -2.53. The number of rotatable bonds is 6. The summed E-state index contributed by atoms with van der Waals surface area (Å²) in [7, 11) is 0. The van der Waals surface area contributed by atoms with Crippen LogP contribution in [0.25, 0.3) is 0 Å². The van der Waals surface area contributed by atoms with Crippen molar-refractivity contribution in [3.63, 3.8) is 0 Å². The number of hydrogen-bond donors (Lipinski definition) is 2. The zero-order valence-electron chi connectivity index (χ0n) is 16.4. The third kappa shape index (κ3) is 5.07. The summed E-state index contributed by atoms with van der Waals surface area (Å²) in [5, 5.41) is 17.7. The van der Waals surface area contributed by atoms with Gasteiger partial charge < -0.3 is 15.3 Å². The first kappa shape index (κ1) is 19.4. The number of amides is 1. The van der Waals surface area contributed by atoms with Gasteiger partial charge in [-0.1, -0.05) is 13.0 Å². The summed E-state index contributed by atoms with van der Waals surface area (Å²) in [5.41, 5.74) is 3.22. The number of nitrogens with zero attached hydrogens (tertiary/aromatic N) is 4. The molecule has 0 bridgehead atoms. The topological polar surface area (TPSA) is 83.3 Å². The maximum Gasteiger partial charge on any atom is 0.220 e. The average Bonchev–Trinajstić information content (AvgIpc) is 2.92. The lowest BCUT2D eigenvalue weighted by atomic mass is 10.0. The van der Waals surface area contributed by atoms with E-state index in [4.69, 9.17) is 0 Å². The quantitative estimate of drug-likeness (QED) is 0.809. The Morgan fingerprint density at radius 2 is 2.15 bits per heavy atom. The maximum absolute atomic E-state index is 11.9. The molecule has 1 aliphatic rings. The number of pyridine rings is 1. The molecule has 0 saturated carbocycles. The monoisotopic (exact) mass is 371 g/mol. The summed E-state index contributed by atoms with van der Waals surface area (Å²) in [4.78, 5) is 18.5. The third-order valence-electron chi connectivity index (χ3n) is 4.84. The van der Waals surface area contributed by atoms with E-state index in [1.165, 1.54) is 0 Å². The van der Waals surface area contributed by atoms with Crippen LogP contribution >= 0.6 is 0 Å². The molecule has 1 amide bonds. The van der Waals surface area contributed by atoms with Crippen LogP contribution in [0.5, 0.6) is 0 Å². The van der Waals surface area contributed by atoms with Crippen LogP contribution in [0.15, 0.2) is 24.4 Å². The van der Waals surface area contributed by atoms with Crippen molar-refractivity contribution in [2.24, 2.45) is 0 Å². The first-order chi connectivity index (χ1) is 12.9. The fourth-order valence-electron chi connectivity index (χ4n) is 3.60. The van der Waals surface area contributed by atoms with Crippen molar-refractivity contribution >= 4 is 11.7 Å². The van der Waals surface area contributed by atoms with Gasteiger partial charge in [-0.3, -0.25) is 9.48 Å². The Balaban J connectivity index is 1.64. The third-order valence-corrected chi connectivity index (χ3v) is 4.84. The number of aryl methyl sites for hydroxylation is 2. The minimum atomic E-state index is -0.471. The normalized spacial score (nSPS) is 19.9. The van der Waals surface area contributed by atoms with Crippen molar-refractivity contribution in [2.75, 3.05) is 18.0 Å². The second-order valence-electron chi connectivity index (χ2n) is 7.42. The van der Waals surface area contributed by atoms with Gasteiger partial charge in [0.1, 0.15) is 5.82 Å². The van der Waals surface area contributed by atoms with E-state index in [-0.39, 0.29) is 11.9 Å². The minimum absolute atomic E-state index is 0.0461. The first-order valence-electron chi connectivity index (χ1n) is 9.63.